The zero-order chi connectivity index (χ0) is 19.5. The van der Waals surface area contributed by atoms with Gasteiger partial charge in [-0.15, -0.1) is 0 Å². The van der Waals surface area contributed by atoms with Gasteiger partial charge in [0, 0.05) is 12.1 Å². The van der Waals surface area contributed by atoms with Crippen LogP contribution in [0.4, 0.5) is 11.4 Å². The molecule has 0 saturated heterocycles. The molecule has 0 radical (unpaired) electrons. The van der Waals surface area contributed by atoms with E-state index >= 15 is 0 Å². The van der Waals surface area contributed by atoms with Crippen LogP contribution in [0.2, 0.25) is 0 Å². The Balaban J connectivity index is 2.02. The fourth-order valence-electron chi connectivity index (χ4n) is 2.40. The number of non-ortho nitro benzene ring substituents is 1. The van der Waals surface area contributed by atoms with Crippen molar-refractivity contribution < 1.29 is 14.4 Å². The zero-order valence-corrected chi connectivity index (χ0v) is 15.7. The Labute approximate surface area is 159 Å². The highest BCUT2D eigenvalue weighted by Gasteiger charge is 2.07. The maximum Gasteiger partial charge on any atom is 0.271 e. The minimum atomic E-state index is -0.442. The quantitative estimate of drug-likeness (QED) is 0.260. The molecule has 7 nitrogen and oxygen atoms in total. The van der Waals surface area contributed by atoms with Crippen molar-refractivity contribution in [3.05, 3.63) is 58.1 Å². The van der Waals surface area contributed by atoms with Gasteiger partial charge in [-0.2, -0.15) is 5.10 Å². The molecule has 1 N–H and O–H groups in total. The van der Waals surface area contributed by atoms with Crippen LogP contribution in [0, 0.1) is 10.1 Å². The summed E-state index contributed by atoms with van der Waals surface area (Å²) in [5.74, 6) is 1.39. The van der Waals surface area contributed by atoms with Gasteiger partial charge in [0.2, 0.25) is 0 Å². The first-order valence-corrected chi connectivity index (χ1v) is 9.07. The van der Waals surface area contributed by atoms with Gasteiger partial charge in [-0.05, 0) is 43.2 Å². The first-order chi connectivity index (χ1) is 13.1. The Bertz CT molecular complexity index is 778. The molecule has 0 atom stereocenters. The topological polar surface area (TPSA) is 86.0 Å². The fraction of sp³-hybridized carbons (Fsp3) is 0.350. The third-order valence-corrected chi connectivity index (χ3v) is 3.74. The zero-order valence-electron chi connectivity index (χ0n) is 15.7. The number of anilines is 1. The predicted octanol–water partition coefficient (Wildman–Crippen LogP) is 5.01. The summed E-state index contributed by atoms with van der Waals surface area (Å²) >= 11 is 0. The number of benzene rings is 2. The average molecular weight is 371 g/mol. The first kappa shape index (κ1) is 20.2. The third kappa shape index (κ3) is 6.62. The molecule has 0 fully saturated rings. The SMILES string of the molecule is CCCCCOc1ccc(C=NNc2cccc([N+](=O)[O-])c2)cc1OCC. The highest BCUT2D eigenvalue weighted by molar-refractivity contribution is 5.81. The van der Waals surface area contributed by atoms with Gasteiger partial charge in [-0.25, -0.2) is 0 Å². The van der Waals surface area contributed by atoms with Crippen molar-refractivity contribution >= 4 is 17.6 Å². The van der Waals surface area contributed by atoms with Gasteiger partial charge in [-0.1, -0.05) is 25.8 Å². The van der Waals surface area contributed by atoms with E-state index in [0.29, 0.717) is 24.7 Å². The van der Waals surface area contributed by atoms with Crippen molar-refractivity contribution in [2.75, 3.05) is 18.6 Å². The number of hydrazone groups is 1. The number of nitro groups is 1. The summed E-state index contributed by atoms with van der Waals surface area (Å²) in [6.07, 6.45) is 4.92. The molecule has 0 bridgehead atoms. The molecule has 0 saturated carbocycles. The molecule has 0 aromatic heterocycles. The summed E-state index contributed by atoms with van der Waals surface area (Å²) in [6.45, 7) is 5.28. The Morgan fingerprint density at radius 3 is 2.70 bits per heavy atom. The van der Waals surface area contributed by atoms with E-state index in [1.165, 1.54) is 12.1 Å². The lowest BCUT2D eigenvalue weighted by Crippen LogP contribution is -2.01. The molecule has 0 aliphatic heterocycles. The highest BCUT2D eigenvalue weighted by Crippen LogP contribution is 2.28. The monoisotopic (exact) mass is 371 g/mol. The van der Waals surface area contributed by atoms with E-state index < -0.39 is 4.92 Å². The minimum Gasteiger partial charge on any atom is -0.490 e. The molecule has 2 aromatic rings. The van der Waals surface area contributed by atoms with E-state index in [1.807, 2.05) is 25.1 Å². The number of nitrogens with one attached hydrogen (secondary N) is 1. The summed E-state index contributed by atoms with van der Waals surface area (Å²) in [4.78, 5) is 10.4. The Morgan fingerprint density at radius 2 is 1.96 bits per heavy atom. The molecule has 0 aliphatic carbocycles. The summed E-state index contributed by atoms with van der Waals surface area (Å²) in [7, 11) is 0. The van der Waals surface area contributed by atoms with Crippen LogP contribution in [-0.4, -0.2) is 24.4 Å². The van der Waals surface area contributed by atoms with Crippen LogP contribution in [0.15, 0.2) is 47.6 Å². The lowest BCUT2D eigenvalue weighted by molar-refractivity contribution is -0.384. The summed E-state index contributed by atoms with van der Waals surface area (Å²) < 4.78 is 11.5. The molecule has 0 heterocycles. The van der Waals surface area contributed by atoms with Gasteiger partial charge in [0.05, 0.1) is 30.0 Å². The number of unbranched alkanes of at least 4 members (excludes halogenated alkanes) is 2. The second kappa shape index (κ2) is 10.8. The smallest absolute Gasteiger partial charge is 0.271 e. The van der Waals surface area contributed by atoms with Crippen LogP contribution in [-0.2, 0) is 0 Å². The number of ether oxygens (including phenoxy) is 2. The van der Waals surface area contributed by atoms with Crippen molar-refractivity contribution in [2.24, 2.45) is 5.10 Å². The van der Waals surface area contributed by atoms with Crippen LogP contribution in [0.25, 0.3) is 0 Å². The number of nitrogens with zero attached hydrogens (tertiary/aromatic N) is 2. The van der Waals surface area contributed by atoms with Gasteiger partial charge in [0.15, 0.2) is 11.5 Å². The van der Waals surface area contributed by atoms with E-state index in [4.69, 9.17) is 9.47 Å². The van der Waals surface area contributed by atoms with Crippen LogP contribution in [0.1, 0.15) is 38.7 Å². The highest BCUT2D eigenvalue weighted by atomic mass is 16.6. The molecule has 27 heavy (non-hydrogen) atoms. The fourth-order valence-corrected chi connectivity index (χ4v) is 2.40. The van der Waals surface area contributed by atoms with Crippen molar-refractivity contribution in [3.63, 3.8) is 0 Å². The molecular formula is C20H25N3O4. The van der Waals surface area contributed by atoms with E-state index in [9.17, 15) is 10.1 Å². The largest absolute Gasteiger partial charge is 0.490 e. The van der Waals surface area contributed by atoms with Gasteiger partial charge in [0.1, 0.15) is 0 Å². The van der Waals surface area contributed by atoms with Gasteiger partial charge in [-0.3, -0.25) is 15.5 Å². The molecule has 7 heteroatoms. The molecule has 0 amide bonds. The Morgan fingerprint density at radius 1 is 1.11 bits per heavy atom. The summed E-state index contributed by atoms with van der Waals surface area (Å²) in [5.41, 5.74) is 4.18. The number of nitro benzene ring substituents is 1. The molecular weight excluding hydrogens is 346 g/mol. The Kier molecular flexibility index (Phi) is 8.09. The van der Waals surface area contributed by atoms with Crippen molar-refractivity contribution in [3.8, 4) is 11.5 Å². The second-order valence-corrected chi connectivity index (χ2v) is 5.87. The van der Waals surface area contributed by atoms with Crippen LogP contribution in [0.3, 0.4) is 0 Å². The minimum absolute atomic E-state index is 0.0124. The van der Waals surface area contributed by atoms with Crippen LogP contribution < -0.4 is 14.9 Å². The first-order valence-electron chi connectivity index (χ1n) is 9.07. The molecule has 0 unspecified atom stereocenters. The van der Waals surface area contributed by atoms with Crippen molar-refractivity contribution in [1.29, 1.82) is 0 Å². The molecule has 0 aliphatic rings. The van der Waals surface area contributed by atoms with E-state index in [0.717, 1.165) is 30.6 Å². The standard InChI is InChI=1S/C20H25N3O4/c1-3-5-6-12-27-19-11-10-16(13-20(19)26-4-2)15-21-22-17-8-7-9-18(14-17)23(24)25/h7-11,13-15,22H,3-6,12H2,1-2H3. The van der Waals surface area contributed by atoms with Crippen molar-refractivity contribution in [1.82, 2.24) is 0 Å². The van der Waals surface area contributed by atoms with E-state index in [2.05, 4.69) is 17.5 Å². The maximum atomic E-state index is 10.8. The van der Waals surface area contributed by atoms with E-state index in [1.54, 1.807) is 18.3 Å². The van der Waals surface area contributed by atoms with Crippen LogP contribution >= 0.6 is 0 Å². The average Bonchev–Trinajstić information content (AvgIpc) is 2.67. The summed E-state index contributed by atoms with van der Waals surface area (Å²) in [5, 5.41) is 14.9. The number of hydrogen-bond donors (Lipinski definition) is 1. The normalized spacial score (nSPS) is 10.7. The van der Waals surface area contributed by atoms with Gasteiger partial charge in [0.25, 0.3) is 5.69 Å². The molecule has 0 spiro atoms. The molecule has 144 valence electrons. The second-order valence-electron chi connectivity index (χ2n) is 5.87. The van der Waals surface area contributed by atoms with Gasteiger partial charge < -0.3 is 9.47 Å². The number of hydrogen-bond acceptors (Lipinski definition) is 6. The lowest BCUT2D eigenvalue weighted by atomic mass is 10.2. The third-order valence-electron chi connectivity index (χ3n) is 3.74. The van der Waals surface area contributed by atoms with Crippen molar-refractivity contribution in [2.45, 2.75) is 33.1 Å². The van der Waals surface area contributed by atoms with Crippen LogP contribution in [0.5, 0.6) is 11.5 Å². The Hall–Kier alpha value is -3.09. The van der Waals surface area contributed by atoms with E-state index in [-0.39, 0.29) is 5.69 Å². The predicted molar refractivity (Wildman–Crippen MR) is 107 cm³/mol. The molecule has 2 rings (SSSR count). The number of rotatable bonds is 11. The lowest BCUT2D eigenvalue weighted by Gasteiger charge is -2.12. The molecule has 2 aromatic carbocycles. The summed E-state index contributed by atoms with van der Waals surface area (Å²) in [6, 6.07) is 11.8. The maximum absolute atomic E-state index is 10.8. The van der Waals surface area contributed by atoms with Gasteiger partial charge >= 0.3 is 0 Å².